The lowest BCUT2D eigenvalue weighted by molar-refractivity contribution is -0.387. The molecular weight excluding hydrogens is 384 g/mol. The summed E-state index contributed by atoms with van der Waals surface area (Å²) in [5.41, 5.74) is -0.362. The molecule has 0 saturated heterocycles. The van der Waals surface area contributed by atoms with Crippen LogP contribution in [-0.4, -0.2) is 31.0 Å². The quantitative estimate of drug-likeness (QED) is 0.538. The van der Waals surface area contributed by atoms with E-state index in [4.69, 9.17) is 16.7 Å². The molecule has 0 aliphatic heterocycles. The maximum absolute atomic E-state index is 13.1. The number of rotatable bonds is 8. The van der Waals surface area contributed by atoms with Crippen LogP contribution in [0.4, 0.5) is 11.4 Å². The molecule has 138 valence electrons. The molecule has 1 N–H and O–H groups in total. The Hall–Kier alpha value is -2.65. The van der Waals surface area contributed by atoms with Gasteiger partial charge in [-0.25, -0.2) is 8.42 Å². The van der Waals surface area contributed by atoms with Crippen molar-refractivity contribution in [3.63, 3.8) is 0 Å². The highest BCUT2D eigenvalue weighted by molar-refractivity contribution is 7.93. The topological polar surface area (TPSA) is 118 Å². The molecule has 0 radical (unpaired) electrons. The number of nitro benzene ring substituents is 1. The summed E-state index contributed by atoms with van der Waals surface area (Å²) in [5.74, 6) is -1.07. The molecular formula is C16H15ClN2O6S. The number of nitro groups is 1. The summed E-state index contributed by atoms with van der Waals surface area (Å²) in [6, 6.07) is 11.0. The average molecular weight is 399 g/mol. The van der Waals surface area contributed by atoms with Crippen LogP contribution in [0.1, 0.15) is 12.8 Å². The van der Waals surface area contributed by atoms with Crippen molar-refractivity contribution in [2.45, 2.75) is 17.7 Å². The van der Waals surface area contributed by atoms with Crippen molar-refractivity contribution in [3.8, 4) is 0 Å². The number of carboxylic acid groups (broad SMARTS) is 1. The van der Waals surface area contributed by atoms with Crippen LogP contribution in [0.3, 0.4) is 0 Å². The monoisotopic (exact) mass is 398 g/mol. The third kappa shape index (κ3) is 4.50. The van der Waals surface area contributed by atoms with Gasteiger partial charge in [0, 0.05) is 24.1 Å². The normalized spacial score (nSPS) is 11.1. The fraction of sp³-hybridized carbons (Fsp3) is 0.188. The zero-order valence-corrected chi connectivity index (χ0v) is 15.0. The number of carbonyl (C=O) groups is 1. The van der Waals surface area contributed by atoms with Gasteiger partial charge in [0.05, 0.1) is 10.6 Å². The largest absolute Gasteiger partial charge is 0.481 e. The summed E-state index contributed by atoms with van der Waals surface area (Å²) in [5, 5.41) is 20.3. The molecule has 0 fully saturated rings. The minimum Gasteiger partial charge on any atom is -0.481 e. The number of aliphatic carboxylic acids is 1. The van der Waals surface area contributed by atoms with E-state index in [1.54, 1.807) is 6.07 Å². The van der Waals surface area contributed by atoms with Crippen LogP contribution in [0.15, 0.2) is 53.4 Å². The van der Waals surface area contributed by atoms with Crippen LogP contribution < -0.4 is 4.31 Å². The fourth-order valence-electron chi connectivity index (χ4n) is 2.34. The van der Waals surface area contributed by atoms with E-state index in [1.165, 1.54) is 30.3 Å². The molecule has 0 heterocycles. The van der Waals surface area contributed by atoms with Gasteiger partial charge in [-0.1, -0.05) is 29.8 Å². The molecule has 26 heavy (non-hydrogen) atoms. The first kappa shape index (κ1) is 19.7. The number of halogens is 1. The van der Waals surface area contributed by atoms with Gasteiger partial charge in [0.25, 0.3) is 15.7 Å². The number of hydrogen-bond acceptors (Lipinski definition) is 5. The van der Waals surface area contributed by atoms with Crippen molar-refractivity contribution in [2.75, 3.05) is 10.8 Å². The molecule has 2 aromatic rings. The number of para-hydroxylation sites is 1. The summed E-state index contributed by atoms with van der Waals surface area (Å²) in [6.07, 6.45) is -0.217. The van der Waals surface area contributed by atoms with Crippen molar-refractivity contribution in [1.29, 1.82) is 0 Å². The Kier molecular flexibility index (Phi) is 6.17. The molecule has 0 aliphatic carbocycles. The minimum atomic E-state index is -4.30. The van der Waals surface area contributed by atoms with Crippen molar-refractivity contribution >= 4 is 39.0 Å². The third-order valence-corrected chi connectivity index (χ3v) is 5.59. The Balaban J connectivity index is 2.53. The van der Waals surface area contributed by atoms with Crippen molar-refractivity contribution < 1.29 is 23.2 Å². The zero-order chi connectivity index (χ0) is 19.3. The molecule has 2 aromatic carbocycles. The van der Waals surface area contributed by atoms with Gasteiger partial charge in [0.2, 0.25) is 0 Å². The highest BCUT2D eigenvalue weighted by atomic mass is 35.5. The van der Waals surface area contributed by atoms with E-state index in [9.17, 15) is 23.3 Å². The summed E-state index contributed by atoms with van der Waals surface area (Å²) in [6.45, 7) is -0.166. The van der Waals surface area contributed by atoms with Crippen LogP contribution >= 0.6 is 11.6 Å². The van der Waals surface area contributed by atoms with Gasteiger partial charge in [-0.2, -0.15) is 0 Å². The first-order valence-electron chi connectivity index (χ1n) is 7.47. The van der Waals surface area contributed by atoms with Gasteiger partial charge < -0.3 is 5.11 Å². The van der Waals surface area contributed by atoms with Gasteiger partial charge in [-0.3, -0.25) is 19.2 Å². The maximum atomic E-state index is 13.1. The first-order valence-corrected chi connectivity index (χ1v) is 9.29. The molecule has 0 bridgehead atoms. The number of carboxylic acids is 1. The lowest BCUT2D eigenvalue weighted by Gasteiger charge is -2.24. The summed E-state index contributed by atoms with van der Waals surface area (Å²) < 4.78 is 27.1. The Bertz CT molecular complexity index is 932. The molecule has 0 saturated carbocycles. The lowest BCUT2D eigenvalue weighted by Crippen LogP contribution is -2.32. The van der Waals surface area contributed by atoms with Gasteiger partial charge in [-0.15, -0.1) is 0 Å². The van der Waals surface area contributed by atoms with Crippen LogP contribution in [-0.2, 0) is 14.8 Å². The molecule has 0 spiro atoms. The van der Waals surface area contributed by atoms with Gasteiger partial charge in [0.15, 0.2) is 4.90 Å². The molecule has 0 atom stereocenters. The molecule has 0 aromatic heterocycles. The van der Waals surface area contributed by atoms with Crippen LogP contribution in [0.5, 0.6) is 0 Å². The smallest absolute Gasteiger partial charge is 0.303 e. The Labute approximate surface area is 154 Å². The SMILES string of the molecule is O=C(O)CCCN(c1cccc(Cl)c1)S(=O)(=O)c1ccccc1[N+](=O)[O-]. The second-order valence-corrected chi connectivity index (χ2v) is 7.55. The number of benzene rings is 2. The molecule has 0 aliphatic rings. The van der Waals surface area contributed by atoms with E-state index >= 15 is 0 Å². The van der Waals surface area contributed by atoms with E-state index in [-0.39, 0.29) is 30.1 Å². The Morgan fingerprint density at radius 3 is 2.50 bits per heavy atom. The van der Waals surface area contributed by atoms with Crippen LogP contribution in [0.25, 0.3) is 0 Å². The number of anilines is 1. The Morgan fingerprint density at radius 2 is 1.88 bits per heavy atom. The minimum absolute atomic E-state index is 0.0295. The predicted molar refractivity (Wildman–Crippen MR) is 96.0 cm³/mol. The van der Waals surface area contributed by atoms with Gasteiger partial charge >= 0.3 is 5.97 Å². The first-order chi connectivity index (χ1) is 12.2. The Morgan fingerprint density at radius 1 is 1.19 bits per heavy atom. The summed E-state index contributed by atoms with van der Waals surface area (Å²) in [7, 11) is -4.30. The zero-order valence-electron chi connectivity index (χ0n) is 13.4. The summed E-state index contributed by atoms with van der Waals surface area (Å²) in [4.78, 5) is 20.7. The van der Waals surface area contributed by atoms with E-state index in [0.29, 0.717) is 0 Å². The molecule has 8 nitrogen and oxygen atoms in total. The highest BCUT2D eigenvalue weighted by Crippen LogP contribution is 2.31. The molecule has 0 amide bonds. The van der Waals surface area contributed by atoms with E-state index in [2.05, 4.69) is 0 Å². The maximum Gasteiger partial charge on any atom is 0.303 e. The molecule has 2 rings (SSSR count). The van der Waals surface area contributed by atoms with Crippen LogP contribution in [0.2, 0.25) is 5.02 Å². The predicted octanol–water partition coefficient (Wildman–Crippen LogP) is 3.31. The molecule has 0 unspecified atom stereocenters. The van der Waals surface area contributed by atoms with Crippen molar-refractivity contribution in [2.24, 2.45) is 0 Å². The lowest BCUT2D eigenvalue weighted by atomic mass is 10.3. The van der Waals surface area contributed by atoms with Gasteiger partial charge in [0.1, 0.15) is 0 Å². The van der Waals surface area contributed by atoms with E-state index < -0.39 is 31.5 Å². The van der Waals surface area contributed by atoms with Crippen molar-refractivity contribution in [1.82, 2.24) is 0 Å². The second kappa shape index (κ2) is 8.15. The number of nitrogens with zero attached hydrogens (tertiary/aromatic N) is 2. The average Bonchev–Trinajstić information content (AvgIpc) is 2.58. The molecule has 10 heteroatoms. The highest BCUT2D eigenvalue weighted by Gasteiger charge is 2.31. The van der Waals surface area contributed by atoms with Crippen molar-refractivity contribution in [3.05, 3.63) is 63.7 Å². The van der Waals surface area contributed by atoms with E-state index in [0.717, 1.165) is 16.4 Å². The number of sulfonamides is 1. The summed E-state index contributed by atoms with van der Waals surface area (Å²) >= 11 is 5.93. The standard InChI is InChI=1S/C16H15ClN2O6S/c17-12-5-3-6-13(11-12)18(10-4-9-16(20)21)26(24,25)15-8-2-1-7-14(15)19(22)23/h1-3,5-8,11H,4,9-10H2,(H,20,21). The third-order valence-electron chi connectivity index (χ3n) is 3.48. The van der Waals surface area contributed by atoms with Gasteiger partial charge in [-0.05, 0) is 30.7 Å². The fourth-order valence-corrected chi connectivity index (χ4v) is 4.18. The van der Waals surface area contributed by atoms with Crippen LogP contribution in [0, 0.1) is 10.1 Å². The van der Waals surface area contributed by atoms with E-state index in [1.807, 2.05) is 0 Å². The second-order valence-electron chi connectivity index (χ2n) is 5.28. The number of hydrogen-bond donors (Lipinski definition) is 1.